The van der Waals surface area contributed by atoms with E-state index in [-0.39, 0.29) is 11.6 Å². The molecule has 156 valence electrons. The molecule has 4 heterocycles. The maximum Gasteiger partial charge on any atom is 0.116 e. The molecule has 31 heavy (non-hydrogen) atoms. The SMILES string of the molecule is Cc1cnc(Cc2nc3cnc4ccc(C#N)cc4c3n2C2CCOC(C)(C)C2)cn1. The largest absolute Gasteiger partial charge is 0.375 e. The minimum atomic E-state index is -0.207. The molecule has 5 rings (SSSR count). The maximum absolute atomic E-state index is 9.45. The lowest BCUT2D eigenvalue weighted by molar-refractivity contribution is -0.0688. The van der Waals surface area contributed by atoms with E-state index in [1.807, 2.05) is 37.5 Å². The summed E-state index contributed by atoms with van der Waals surface area (Å²) >= 11 is 0. The number of rotatable bonds is 3. The summed E-state index contributed by atoms with van der Waals surface area (Å²) < 4.78 is 8.33. The second-order valence-electron chi connectivity index (χ2n) is 8.81. The summed E-state index contributed by atoms with van der Waals surface area (Å²) in [6.07, 6.45) is 7.80. The third-order valence-electron chi connectivity index (χ3n) is 5.93. The summed E-state index contributed by atoms with van der Waals surface area (Å²) in [5, 5.41) is 10.4. The van der Waals surface area contributed by atoms with E-state index < -0.39 is 0 Å². The Balaban J connectivity index is 1.74. The molecule has 3 aromatic heterocycles. The molecule has 1 aliphatic heterocycles. The van der Waals surface area contributed by atoms with Crippen molar-refractivity contribution in [1.29, 1.82) is 5.26 Å². The zero-order valence-corrected chi connectivity index (χ0v) is 18.0. The second kappa shape index (κ2) is 7.40. The third kappa shape index (κ3) is 3.64. The molecule has 0 radical (unpaired) electrons. The van der Waals surface area contributed by atoms with E-state index >= 15 is 0 Å². The fraction of sp³-hybridized carbons (Fsp3) is 0.375. The average molecular weight is 412 g/mol. The first-order valence-corrected chi connectivity index (χ1v) is 10.5. The third-order valence-corrected chi connectivity index (χ3v) is 5.93. The molecule has 0 saturated carbocycles. The number of ether oxygens (including phenoxy) is 1. The van der Waals surface area contributed by atoms with E-state index in [0.717, 1.165) is 52.0 Å². The highest BCUT2D eigenvalue weighted by molar-refractivity contribution is 6.02. The van der Waals surface area contributed by atoms with Gasteiger partial charge in [0.05, 0.1) is 45.9 Å². The van der Waals surface area contributed by atoms with Crippen LogP contribution in [0.4, 0.5) is 0 Å². The van der Waals surface area contributed by atoms with E-state index in [1.54, 1.807) is 6.20 Å². The smallest absolute Gasteiger partial charge is 0.116 e. The molecule has 0 aliphatic carbocycles. The Morgan fingerprint density at radius 3 is 2.77 bits per heavy atom. The summed E-state index contributed by atoms with van der Waals surface area (Å²) in [6, 6.07) is 8.12. The van der Waals surface area contributed by atoms with Crippen molar-refractivity contribution in [2.75, 3.05) is 6.61 Å². The summed E-state index contributed by atoms with van der Waals surface area (Å²) in [6.45, 7) is 6.90. The number of fused-ring (bicyclic) bond motifs is 3. The van der Waals surface area contributed by atoms with E-state index in [9.17, 15) is 5.26 Å². The molecule has 1 unspecified atom stereocenters. The van der Waals surface area contributed by atoms with Gasteiger partial charge in [-0.2, -0.15) is 5.26 Å². The number of hydrogen-bond donors (Lipinski definition) is 0. The first-order chi connectivity index (χ1) is 14.9. The lowest BCUT2D eigenvalue weighted by atomic mass is 9.93. The van der Waals surface area contributed by atoms with Gasteiger partial charge in [-0.05, 0) is 51.8 Å². The van der Waals surface area contributed by atoms with Gasteiger partial charge in [-0.3, -0.25) is 15.0 Å². The van der Waals surface area contributed by atoms with Gasteiger partial charge in [0.2, 0.25) is 0 Å². The van der Waals surface area contributed by atoms with Crippen LogP contribution in [0.2, 0.25) is 0 Å². The molecule has 0 bridgehead atoms. The minimum Gasteiger partial charge on any atom is -0.375 e. The highest BCUT2D eigenvalue weighted by Gasteiger charge is 2.32. The Kier molecular flexibility index (Phi) is 4.67. The van der Waals surface area contributed by atoms with Crippen molar-refractivity contribution < 1.29 is 4.74 Å². The molecule has 4 aromatic rings. The van der Waals surface area contributed by atoms with Crippen molar-refractivity contribution >= 4 is 21.9 Å². The van der Waals surface area contributed by atoms with Crippen molar-refractivity contribution in [3.05, 3.63) is 59.6 Å². The number of aryl methyl sites for hydroxylation is 1. The van der Waals surface area contributed by atoms with Crippen LogP contribution in [0.25, 0.3) is 21.9 Å². The van der Waals surface area contributed by atoms with Crippen LogP contribution in [0, 0.1) is 18.3 Å². The number of hydrogen-bond acceptors (Lipinski definition) is 6. The molecule has 0 amide bonds. The molecular weight excluding hydrogens is 388 g/mol. The number of benzene rings is 1. The molecule has 1 fully saturated rings. The predicted octanol–water partition coefficient (Wildman–Crippen LogP) is 4.28. The van der Waals surface area contributed by atoms with Gasteiger partial charge in [0, 0.05) is 36.8 Å². The number of imidazole rings is 1. The van der Waals surface area contributed by atoms with Gasteiger partial charge in [0.15, 0.2) is 0 Å². The number of nitrogens with zero attached hydrogens (tertiary/aromatic N) is 6. The van der Waals surface area contributed by atoms with Crippen molar-refractivity contribution in [3.63, 3.8) is 0 Å². The normalized spacial score (nSPS) is 18.3. The van der Waals surface area contributed by atoms with Gasteiger partial charge in [-0.15, -0.1) is 0 Å². The standard InChI is InChI=1S/C24H24N6O/c1-15-12-27-17(13-26-15)9-22-29-21-14-28-20-5-4-16(11-25)8-19(20)23(21)30(22)18-6-7-31-24(2,3)10-18/h4-5,8,12-14,18H,6-7,9-10H2,1-3H3. The average Bonchev–Trinajstić information content (AvgIpc) is 3.12. The van der Waals surface area contributed by atoms with Crippen LogP contribution in [-0.4, -0.2) is 36.7 Å². The Hall–Kier alpha value is -3.37. The van der Waals surface area contributed by atoms with E-state index in [1.165, 1.54) is 0 Å². The molecule has 1 aromatic carbocycles. The first-order valence-electron chi connectivity index (χ1n) is 10.5. The van der Waals surface area contributed by atoms with Gasteiger partial charge >= 0.3 is 0 Å². The Labute approximate surface area is 180 Å². The summed E-state index contributed by atoms with van der Waals surface area (Å²) in [7, 11) is 0. The molecule has 7 nitrogen and oxygen atoms in total. The summed E-state index contributed by atoms with van der Waals surface area (Å²) in [4.78, 5) is 18.5. The van der Waals surface area contributed by atoms with Gasteiger partial charge in [0.1, 0.15) is 11.3 Å². The quantitative estimate of drug-likeness (QED) is 0.499. The first kappa shape index (κ1) is 19.6. The van der Waals surface area contributed by atoms with Crippen molar-refractivity contribution in [2.45, 2.75) is 51.7 Å². The van der Waals surface area contributed by atoms with Gasteiger partial charge in [0.25, 0.3) is 0 Å². The van der Waals surface area contributed by atoms with Crippen LogP contribution in [0.3, 0.4) is 0 Å². The molecule has 1 aliphatic rings. The van der Waals surface area contributed by atoms with Crippen LogP contribution in [0.15, 0.2) is 36.8 Å². The van der Waals surface area contributed by atoms with Crippen LogP contribution in [0.1, 0.15) is 55.5 Å². The monoisotopic (exact) mass is 412 g/mol. The topological polar surface area (TPSA) is 89.5 Å². The Bertz CT molecular complexity index is 1320. The highest BCUT2D eigenvalue weighted by atomic mass is 16.5. The predicted molar refractivity (Wildman–Crippen MR) is 118 cm³/mol. The van der Waals surface area contributed by atoms with Crippen molar-refractivity contribution in [3.8, 4) is 6.07 Å². The van der Waals surface area contributed by atoms with Gasteiger partial charge in [-0.1, -0.05) is 0 Å². The number of nitriles is 1. The maximum atomic E-state index is 9.45. The zero-order chi connectivity index (χ0) is 21.6. The molecule has 0 spiro atoms. The van der Waals surface area contributed by atoms with Crippen LogP contribution < -0.4 is 0 Å². The Morgan fingerprint density at radius 2 is 2.03 bits per heavy atom. The summed E-state index contributed by atoms with van der Waals surface area (Å²) in [5.74, 6) is 0.938. The molecule has 1 saturated heterocycles. The highest BCUT2D eigenvalue weighted by Crippen LogP contribution is 2.37. The fourth-order valence-corrected chi connectivity index (χ4v) is 4.51. The summed E-state index contributed by atoms with van der Waals surface area (Å²) in [5.41, 5.74) is 4.91. The van der Waals surface area contributed by atoms with Crippen LogP contribution >= 0.6 is 0 Å². The zero-order valence-electron chi connectivity index (χ0n) is 18.0. The minimum absolute atomic E-state index is 0.207. The lowest BCUT2D eigenvalue weighted by Gasteiger charge is -2.37. The van der Waals surface area contributed by atoms with E-state index in [2.05, 4.69) is 39.4 Å². The van der Waals surface area contributed by atoms with Crippen molar-refractivity contribution in [1.82, 2.24) is 24.5 Å². The van der Waals surface area contributed by atoms with Gasteiger partial charge in [-0.25, -0.2) is 4.98 Å². The Morgan fingerprint density at radius 1 is 1.16 bits per heavy atom. The number of aromatic nitrogens is 5. The van der Waals surface area contributed by atoms with Gasteiger partial charge < -0.3 is 9.30 Å². The van der Waals surface area contributed by atoms with Crippen LogP contribution in [0.5, 0.6) is 0 Å². The van der Waals surface area contributed by atoms with E-state index in [4.69, 9.17) is 9.72 Å². The molecular formula is C24H24N6O. The number of pyridine rings is 1. The fourth-order valence-electron chi connectivity index (χ4n) is 4.51. The van der Waals surface area contributed by atoms with E-state index in [0.29, 0.717) is 18.6 Å². The molecule has 1 atom stereocenters. The second-order valence-corrected chi connectivity index (χ2v) is 8.81. The van der Waals surface area contributed by atoms with Crippen LogP contribution in [-0.2, 0) is 11.2 Å². The molecule has 0 N–H and O–H groups in total. The van der Waals surface area contributed by atoms with Crippen molar-refractivity contribution in [2.24, 2.45) is 0 Å². The molecule has 7 heteroatoms. The lowest BCUT2D eigenvalue weighted by Crippen LogP contribution is -2.35.